The number of amides is 2. The summed E-state index contributed by atoms with van der Waals surface area (Å²) in [5, 5.41) is 3.23. The molecule has 278 valence electrons. The number of anilines is 3. The number of likely N-dealkylation sites (tertiary alicyclic amines) is 2. The van der Waals surface area contributed by atoms with Crippen molar-refractivity contribution in [3.63, 3.8) is 0 Å². The highest BCUT2D eigenvalue weighted by atomic mass is 19.1. The largest absolute Gasteiger partial charge is 0.379 e. The molecule has 12 heteroatoms. The van der Waals surface area contributed by atoms with Crippen LogP contribution in [0.1, 0.15) is 84.2 Å². The van der Waals surface area contributed by atoms with Crippen LogP contribution in [-0.4, -0.2) is 92.1 Å². The van der Waals surface area contributed by atoms with E-state index >= 15 is 0 Å². The summed E-state index contributed by atoms with van der Waals surface area (Å²) >= 11 is 0. The van der Waals surface area contributed by atoms with Gasteiger partial charge in [0, 0.05) is 54.7 Å². The van der Waals surface area contributed by atoms with Gasteiger partial charge in [0.25, 0.3) is 0 Å². The van der Waals surface area contributed by atoms with Gasteiger partial charge >= 0.3 is 0 Å². The molecule has 11 nitrogen and oxygen atoms in total. The van der Waals surface area contributed by atoms with Crippen molar-refractivity contribution in [1.29, 1.82) is 0 Å². The van der Waals surface area contributed by atoms with Crippen LogP contribution in [0.2, 0.25) is 0 Å². The van der Waals surface area contributed by atoms with Gasteiger partial charge in [-0.3, -0.25) is 19.5 Å². The summed E-state index contributed by atoms with van der Waals surface area (Å²) in [5.74, 6) is 0.325. The Kier molecular flexibility index (Phi) is 8.34. The Labute approximate surface area is 309 Å². The maximum Gasteiger partial charge on any atom is 0.238 e. The summed E-state index contributed by atoms with van der Waals surface area (Å²) in [6.45, 7) is 11.6. The Morgan fingerprint density at radius 3 is 2.55 bits per heavy atom. The van der Waals surface area contributed by atoms with Crippen molar-refractivity contribution in [3.8, 4) is 11.3 Å². The normalized spacial score (nSPS) is 25.1. The molecule has 4 aliphatic heterocycles. The first-order valence-electron chi connectivity index (χ1n) is 19.4. The molecule has 2 amide bonds. The molecule has 1 aromatic carbocycles. The van der Waals surface area contributed by atoms with Crippen LogP contribution in [0, 0.1) is 11.2 Å². The van der Waals surface area contributed by atoms with Gasteiger partial charge in [-0.1, -0.05) is 18.6 Å². The zero-order valence-electron chi connectivity index (χ0n) is 31.1. The number of carbonyl (C=O) groups excluding carboxylic acids is 2. The third-order valence-corrected chi connectivity index (χ3v) is 12.9. The summed E-state index contributed by atoms with van der Waals surface area (Å²) in [4.78, 5) is 48.9. The van der Waals surface area contributed by atoms with Crippen molar-refractivity contribution in [2.75, 3.05) is 43.1 Å². The van der Waals surface area contributed by atoms with Gasteiger partial charge in [-0.25, -0.2) is 14.4 Å². The Morgan fingerprint density at radius 2 is 1.85 bits per heavy atom. The average Bonchev–Trinajstić information content (AvgIpc) is 3.66. The minimum Gasteiger partial charge on any atom is -0.379 e. The molecule has 7 heterocycles. The molecule has 0 unspecified atom stereocenters. The number of carbonyl (C=O) groups is 2. The number of pyridine rings is 2. The summed E-state index contributed by atoms with van der Waals surface area (Å²) in [7, 11) is 0. The third kappa shape index (κ3) is 5.54. The van der Waals surface area contributed by atoms with E-state index in [0.717, 1.165) is 47.2 Å². The topological polar surface area (TPSA) is 109 Å². The second-order valence-electron chi connectivity index (χ2n) is 16.6. The number of ether oxygens (including phenoxy) is 1. The minimum atomic E-state index is -0.676. The van der Waals surface area contributed by atoms with Crippen molar-refractivity contribution in [2.45, 2.75) is 102 Å². The van der Waals surface area contributed by atoms with E-state index in [9.17, 15) is 14.0 Å². The van der Waals surface area contributed by atoms with Gasteiger partial charge in [0.15, 0.2) is 11.6 Å². The lowest BCUT2D eigenvalue weighted by Crippen LogP contribution is -2.60. The zero-order chi connectivity index (χ0) is 36.6. The van der Waals surface area contributed by atoms with Crippen molar-refractivity contribution in [2.24, 2.45) is 5.41 Å². The molecule has 1 N–H and O–H groups in total. The molecular weight excluding hydrogens is 672 g/mol. The second kappa shape index (κ2) is 12.9. The quantitative estimate of drug-likeness (QED) is 0.228. The van der Waals surface area contributed by atoms with Crippen molar-refractivity contribution in [3.05, 3.63) is 60.4 Å². The van der Waals surface area contributed by atoms with Gasteiger partial charge in [0.1, 0.15) is 5.52 Å². The fourth-order valence-electron chi connectivity index (χ4n) is 9.59. The van der Waals surface area contributed by atoms with Gasteiger partial charge in [-0.05, 0) is 96.5 Å². The van der Waals surface area contributed by atoms with Crippen LogP contribution in [0.25, 0.3) is 22.3 Å². The molecule has 1 saturated carbocycles. The van der Waals surface area contributed by atoms with E-state index in [1.165, 1.54) is 25.5 Å². The number of halogens is 1. The zero-order valence-corrected chi connectivity index (χ0v) is 31.1. The van der Waals surface area contributed by atoms with E-state index in [4.69, 9.17) is 14.7 Å². The predicted molar refractivity (Wildman–Crippen MR) is 202 cm³/mol. The molecule has 9 rings (SSSR count). The predicted octanol–water partition coefficient (Wildman–Crippen LogP) is 6.61. The lowest BCUT2D eigenvalue weighted by molar-refractivity contribution is -0.170. The number of hydrogen-bond acceptors (Lipinski definition) is 8. The van der Waals surface area contributed by atoms with Gasteiger partial charge in [0.2, 0.25) is 11.8 Å². The van der Waals surface area contributed by atoms with Gasteiger partial charge in [-0.15, -0.1) is 0 Å². The van der Waals surface area contributed by atoms with Crippen LogP contribution in [-0.2, 0) is 19.7 Å². The molecule has 3 saturated heterocycles. The van der Waals surface area contributed by atoms with Crippen molar-refractivity contribution >= 4 is 40.0 Å². The van der Waals surface area contributed by atoms with Crippen molar-refractivity contribution in [1.82, 2.24) is 29.3 Å². The molecule has 3 aromatic heterocycles. The standard InChI is InChI=1S/C41H49FN8O3/c1-25(2)49-24-44-34-20-33(46-37(36(34)49)45-32-10-13-43-21-31(32)42)27-8-9-30-35(17-27)50(29-18-28(19-29)48-14-6-5-7-26(48)3)39(52)41(30)11-15-47(16-12-41)38(51)40(4)22-53-23-40/h8-10,13,17,20-21,24-26,28-29H,5-7,11-12,14-16,18-19,22-23H2,1-4H3,(H,43,45,46)/t26-,28-,29+/m0/s1. The number of nitrogens with zero attached hydrogens (tertiary/aromatic N) is 7. The van der Waals surface area contributed by atoms with Crippen LogP contribution >= 0.6 is 0 Å². The Hall–Kier alpha value is -4.42. The molecule has 4 fully saturated rings. The molecule has 1 aliphatic carbocycles. The van der Waals surface area contributed by atoms with Crippen LogP contribution in [0.4, 0.5) is 21.6 Å². The van der Waals surface area contributed by atoms with E-state index in [0.29, 0.717) is 62.7 Å². The van der Waals surface area contributed by atoms with Crippen LogP contribution < -0.4 is 10.2 Å². The van der Waals surface area contributed by atoms with Crippen molar-refractivity contribution < 1.29 is 18.7 Å². The van der Waals surface area contributed by atoms with E-state index < -0.39 is 16.6 Å². The number of fused-ring (bicyclic) bond motifs is 3. The number of hydrogen-bond donors (Lipinski definition) is 1. The molecule has 0 radical (unpaired) electrons. The maximum atomic E-state index is 14.9. The number of nitrogens with one attached hydrogen (secondary N) is 1. The molecular formula is C41H49FN8O3. The fourth-order valence-corrected chi connectivity index (χ4v) is 9.59. The summed E-state index contributed by atoms with van der Waals surface area (Å²) in [6.07, 6.45) is 11.4. The monoisotopic (exact) mass is 720 g/mol. The number of aromatic nitrogens is 4. The van der Waals surface area contributed by atoms with Crippen LogP contribution in [0.3, 0.4) is 0 Å². The summed E-state index contributed by atoms with van der Waals surface area (Å²) in [6, 6.07) is 11.2. The fraction of sp³-hybridized carbons (Fsp3) is 0.537. The molecule has 1 atom stereocenters. The minimum absolute atomic E-state index is 0.108. The van der Waals surface area contributed by atoms with E-state index in [1.807, 2.05) is 22.5 Å². The van der Waals surface area contributed by atoms with Gasteiger partial charge < -0.3 is 24.4 Å². The van der Waals surface area contributed by atoms with E-state index in [-0.39, 0.29) is 29.6 Å². The summed E-state index contributed by atoms with van der Waals surface area (Å²) < 4.78 is 22.3. The Morgan fingerprint density at radius 1 is 1.06 bits per heavy atom. The molecule has 0 bridgehead atoms. The first kappa shape index (κ1) is 34.4. The Balaban J connectivity index is 1.09. The van der Waals surface area contributed by atoms with Crippen LogP contribution in [0.5, 0.6) is 0 Å². The summed E-state index contributed by atoms with van der Waals surface area (Å²) in [5.41, 5.74) is 4.21. The number of imidazole rings is 1. The van der Waals surface area contributed by atoms with Crippen LogP contribution in [0.15, 0.2) is 49.1 Å². The molecule has 53 heavy (non-hydrogen) atoms. The van der Waals surface area contributed by atoms with E-state index in [1.54, 1.807) is 18.6 Å². The Bertz CT molecular complexity index is 2080. The SMILES string of the molecule is CC(C)n1cnc2cc(-c3ccc4c(c3)N([C@H]3C[C@@H](N5CCCC[C@@H]5C)C3)C(=O)C43CCN(C(=O)C4(C)COC4)CC3)nc(Nc3ccncc3F)c21. The average molecular weight is 721 g/mol. The highest BCUT2D eigenvalue weighted by Crippen LogP contribution is 2.52. The number of rotatable bonds is 7. The second-order valence-corrected chi connectivity index (χ2v) is 16.6. The number of piperidine rings is 2. The first-order valence-corrected chi connectivity index (χ1v) is 19.4. The lowest BCUT2D eigenvalue weighted by Gasteiger charge is -2.50. The highest BCUT2D eigenvalue weighted by Gasteiger charge is 2.57. The number of benzene rings is 1. The highest BCUT2D eigenvalue weighted by molar-refractivity contribution is 6.09. The van der Waals surface area contributed by atoms with E-state index in [2.05, 4.69) is 59.1 Å². The molecule has 1 spiro atoms. The lowest BCUT2D eigenvalue weighted by atomic mass is 9.72. The molecule has 4 aromatic rings. The van der Waals surface area contributed by atoms with Gasteiger partial charge in [0.05, 0.1) is 53.5 Å². The third-order valence-electron chi connectivity index (χ3n) is 12.9. The maximum absolute atomic E-state index is 14.9. The van der Waals surface area contributed by atoms with Gasteiger partial charge in [-0.2, -0.15) is 0 Å². The first-order chi connectivity index (χ1) is 25.6. The smallest absolute Gasteiger partial charge is 0.238 e. The molecule has 5 aliphatic rings.